The number of aromatic nitrogens is 6. The SMILES string of the molecule is Brc1cc(Br)cc(C(Nc2ccc3nc[nH]c3c2)c2nnnn2Cc2ccccc2)c1. The molecule has 0 aliphatic heterocycles. The number of hydrogen-bond donors (Lipinski definition) is 2. The van der Waals surface area contributed by atoms with E-state index in [4.69, 9.17) is 0 Å². The van der Waals surface area contributed by atoms with E-state index in [1.807, 2.05) is 47.1 Å². The molecule has 1 unspecified atom stereocenters. The monoisotopic (exact) mass is 537 g/mol. The first-order valence-electron chi connectivity index (χ1n) is 9.61. The van der Waals surface area contributed by atoms with E-state index in [1.165, 1.54) is 0 Å². The zero-order valence-electron chi connectivity index (χ0n) is 16.2. The summed E-state index contributed by atoms with van der Waals surface area (Å²) in [5.74, 6) is 0.721. The molecule has 9 heteroatoms. The van der Waals surface area contributed by atoms with Crippen molar-refractivity contribution in [3.05, 3.63) is 99.0 Å². The Balaban J connectivity index is 1.56. The molecule has 31 heavy (non-hydrogen) atoms. The first-order chi connectivity index (χ1) is 15.2. The van der Waals surface area contributed by atoms with Gasteiger partial charge < -0.3 is 10.3 Å². The van der Waals surface area contributed by atoms with E-state index in [2.05, 4.69) is 86.9 Å². The molecule has 0 radical (unpaired) electrons. The third-order valence-corrected chi connectivity index (χ3v) is 5.86. The van der Waals surface area contributed by atoms with Crippen LogP contribution in [0.3, 0.4) is 0 Å². The first-order valence-corrected chi connectivity index (χ1v) is 11.2. The average molecular weight is 539 g/mol. The van der Waals surface area contributed by atoms with E-state index in [0.29, 0.717) is 6.54 Å². The highest BCUT2D eigenvalue weighted by Crippen LogP contribution is 2.31. The van der Waals surface area contributed by atoms with Crippen molar-refractivity contribution in [1.82, 2.24) is 30.2 Å². The fourth-order valence-corrected chi connectivity index (χ4v) is 4.85. The Kier molecular flexibility index (Phi) is 5.52. The molecule has 2 N–H and O–H groups in total. The molecule has 5 rings (SSSR count). The number of tetrazole rings is 1. The van der Waals surface area contributed by atoms with Gasteiger partial charge in [0.25, 0.3) is 0 Å². The Morgan fingerprint density at radius 3 is 2.58 bits per heavy atom. The molecule has 5 aromatic rings. The first kappa shape index (κ1) is 19.9. The van der Waals surface area contributed by atoms with Gasteiger partial charge in [0.05, 0.1) is 23.9 Å². The summed E-state index contributed by atoms with van der Waals surface area (Å²) in [5.41, 5.74) is 4.97. The Morgan fingerprint density at radius 1 is 0.968 bits per heavy atom. The lowest BCUT2D eigenvalue weighted by molar-refractivity contribution is 0.607. The van der Waals surface area contributed by atoms with E-state index >= 15 is 0 Å². The lowest BCUT2D eigenvalue weighted by Crippen LogP contribution is -2.19. The number of anilines is 1. The molecule has 2 aromatic heterocycles. The number of fused-ring (bicyclic) bond motifs is 1. The van der Waals surface area contributed by atoms with Crippen molar-refractivity contribution >= 4 is 48.6 Å². The standard InChI is InChI=1S/C22H17Br2N7/c23-16-8-15(9-17(24)10-16)21(27-18-6-7-19-20(11-18)26-13-25-19)22-28-29-30-31(22)12-14-4-2-1-3-5-14/h1-11,13,21,27H,12H2,(H,25,26). The largest absolute Gasteiger partial charge is 0.371 e. The molecule has 0 amide bonds. The van der Waals surface area contributed by atoms with Gasteiger partial charge in [-0.2, -0.15) is 0 Å². The molecule has 0 fully saturated rings. The molecule has 0 bridgehead atoms. The third kappa shape index (κ3) is 4.38. The molecule has 2 heterocycles. The summed E-state index contributed by atoms with van der Waals surface area (Å²) in [6.07, 6.45) is 1.69. The van der Waals surface area contributed by atoms with Gasteiger partial charge in [-0.3, -0.25) is 0 Å². The highest BCUT2D eigenvalue weighted by Gasteiger charge is 2.23. The minimum absolute atomic E-state index is 0.270. The molecular formula is C22H17Br2N7. The van der Waals surface area contributed by atoms with Gasteiger partial charge in [-0.15, -0.1) is 5.10 Å². The second kappa shape index (κ2) is 8.60. The molecular weight excluding hydrogens is 522 g/mol. The molecule has 7 nitrogen and oxygen atoms in total. The number of nitrogens with one attached hydrogen (secondary N) is 2. The van der Waals surface area contributed by atoms with Gasteiger partial charge in [-0.1, -0.05) is 62.2 Å². The van der Waals surface area contributed by atoms with Gasteiger partial charge in [0, 0.05) is 14.6 Å². The maximum absolute atomic E-state index is 4.39. The van der Waals surface area contributed by atoms with Crippen LogP contribution >= 0.6 is 31.9 Å². The van der Waals surface area contributed by atoms with Gasteiger partial charge in [0.2, 0.25) is 0 Å². The molecule has 0 saturated carbocycles. The molecule has 0 aliphatic rings. The quantitative estimate of drug-likeness (QED) is 0.305. The number of imidazole rings is 1. The fourth-order valence-electron chi connectivity index (χ4n) is 3.52. The predicted molar refractivity (Wildman–Crippen MR) is 127 cm³/mol. The summed E-state index contributed by atoms with van der Waals surface area (Å²) in [7, 11) is 0. The molecule has 0 saturated heterocycles. The highest BCUT2D eigenvalue weighted by molar-refractivity contribution is 9.11. The minimum atomic E-state index is -0.270. The van der Waals surface area contributed by atoms with Gasteiger partial charge in [0.1, 0.15) is 6.04 Å². The summed E-state index contributed by atoms with van der Waals surface area (Å²) >= 11 is 7.20. The van der Waals surface area contributed by atoms with Crippen molar-refractivity contribution in [1.29, 1.82) is 0 Å². The van der Waals surface area contributed by atoms with Crippen molar-refractivity contribution in [2.45, 2.75) is 12.6 Å². The van der Waals surface area contributed by atoms with E-state index in [0.717, 1.165) is 42.6 Å². The second-order valence-corrected chi connectivity index (χ2v) is 8.93. The van der Waals surface area contributed by atoms with Crippen LogP contribution in [0.1, 0.15) is 23.0 Å². The van der Waals surface area contributed by atoms with Crippen molar-refractivity contribution < 1.29 is 0 Å². The number of H-pyrrole nitrogens is 1. The van der Waals surface area contributed by atoms with E-state index in [9.17, 15) is 0 Å². The number of aromatic amines is 1. The molecule has 154 valence electrons. The van der Waals surface area contributed by atoms with Crippen LogP contribution < -0.4 is 5.32 Å². The maximum Gasteiger partial charge on any atom is 0.178 e. The Hall–Kier alpha value is -3.04. The van der Waals surface area contributed by atoms with Crippen molar-refractivity contribution in [2.75, 3.05) is 5.32 Å². The van der Waals surface area contributed by atoms with Crippen LogP contribution in [0.5, 0.6) is 0 Å². The van der Waals surface area contributed by atoms with Crippen LogP contribution in [0.4, 0.5) is 5.69 Å². The summed E-state index contributed by atoms with van der Waals surface area (Å²) in [6, 6.07) is 22.1. The molecule has 0 spiro atoms. The van der Waals surface area contributed by atoms with Gasteiger partial charge in [-0.05, 0) is 58.0 Å². The van der Waals surface area contributed by atoms with E-state index in [1.54, 1.807) is 6.33 Å². The van der Waals surface area contributed by atoms with Crippen LogP contribution in [0.2, 0.25) is 0 Å². The van der Waals surface area contributed by atoms with Crippen LogP contribution in [-0.4, -0.2) is 30.2 Å². The summed E-state index contributed by atoms with van der Waals surface area (Å²) < 4.78 is 3.76. The normalized spacial score (nSPS) is 12.2. The van der Waals surface area contributed by atoms with Crippen LogP contribution in [-0.2, 0) is 6.54 Å². The Labute approximate surface area is 195 Å². The third-order valence-electron chi connectivity index (χ3n) is 4.94. The van der Waals surface area contributed by atoms with Gasteiger partial charge in [-0.25, -0.2) is 9.67 Å². The molecule has 3 aromatic carbocycles. The number of hydrogen-bond acceptors (Lipinski definition) is 5. The highest BCUT2D eigenvalue weighted by atomic mass is 79.9. The zero-order chi connectivity index (χ0) is 21.2. The summed E-state index contributed by atoms with van der Waals surface area (Å²) in [6.45, 7) is 0.579. The van der Waals surface area contributed by atoms with Crippen LogP contribution in [0.15, 0.2) is 82.0 Å². The number of rotatable bonds is 6. The van der Waals surface area contributed by atoms with Crippen molar-refractivity contribution in [3.63, 3.8) is 0 Å². The Bertz CT molecular complexity index is 1310. The van der Waals surface area contributed by atoms with Gasteiger partial charge >= 0.3 is 0 Å². The summed E-state index contributed by atoms with van der Waals surface area (Å²) in [4.78, 5) is 7.46. The molecule has 1 atom stereocenters. The fraction of sp³-hybridized carbons (Fsp3) is 0.0909. The van der Waals surface area contributed by atoms with Crippen molar-refractivity contribution in [2.24, 2.45) is 0 Å². The predicted octanol–water partition coefficient (Wildman–Crippen LogP) is 5.32. The van der Waals surface area contributed by atoms with Crippen molar-refractivity contribution in [3.8, 4) is 0 Å². The van der Waals surface area contributed by atoms with Crippen LogP contribution in [0.25, 0.3) is 11.0 Å². The van der Waals surface area contributed by atoms with E-state index < -0.39 is 0 Å². The van der Waals surface area contributed by atoms with Gasteiger partial charge in [0.15, 0.2) is 5.82 Å². The second-order valence-electron chi connectivity index (χ2n) is 7.09. The average Bonchev–Trinajstić information content (AvgIpc) is 3.41. The van der Waals surface area contributed by atoms with Crippen LogP contribution in [0, 0.1) is 0 Å². The number of halogens is 2. The lowest BCUT2D eigenvalue weighted by atomic mass is 10.1. The lowest BCUT2D eigenvalue weighted by Gasteiger charge is -2.20. The maximum atomic E-state index is 4.39. The zero-order valence-corrected chi connectivity index (χ0v) is 19.4. The molecule has 0 aliphatic carbocycles. The van der Waals surface area contributed by atoms with E-state index in [-0.39, 0.29) is 6.04 Å². The minimum Gasteiger partial charge on any atom is -0.371 e. The Morgan fingerprint density at radius 2 is 1.77 bits per heavy atom. The smallest absolute Gasteiger partial charge is 0.178 e. The number of benzene rings is 3. The number of nitrogens with zero attached hydrogens (tertiary/aromatic N) is 5. The summed E-state index contributed by atoms with van der Waals surface area (Å²) in [5, 5.41) is 16.2. The topological polar surface area (TPSA) is 84.3 Å².